The minimum Gasteiger partial charge on any atom is -0.488 e. The second-order valence-corrected chi connectivity index (χ2v) is 4.13. The molecule has 100 valence electrons. The molecule has 2 amide bonds. The number of amides is 2. The number of fused-ring (bicyclic) bond motifs is 1. The smallest absolute Gasteiger partial charge is 0.251 e. The quantitative estimate of drug-likeness (QED) is 0.838. The van der Waals surface area contributed by atoms with Crippen LogP contribution in [0.2, 0.25) is 0 Å². The normalized spacial score (nSPS) is 12.8. The van der Waals surface area contributed by atoms with Crippen molar-refractivity contribution in [1.82, 2.24) is 10.6 Å². The van der Waals surface area contributed by atoms with Gasteiger partial charge in [0, 0.05) is 12.1 Å². The third kappa shape index (κ3) is 3.34. The Bertz CT molecular complexity index is 523. The average Bonchev–Trinajstić information content (AvgIpc) is 2.44. The van der Waals surface area contributed by atoms with E-state index in [2.05, 4.69) is 10.6 Å². The van der Waals surface area contributed by atoms with Crippen molar-refractivity contribution >= 4 is 17.9 Å². The van der Waals surface area contributed by atoms with Crippen LogP contribution in [0.15, 0.2) is 29.8 Å². The number of hydrogen-bond acceptors (Lipinski definition) is 3. The zero-order chi connectivity index (χ0) is 13.7. The molecule has 0 saturated carbocycles. The van der Waals surface area contributed by atoms with Crippen LogP contribution in [0.5, 0.6) is 5.75 Å². The Kier molecular flexibility index (Phi) is 4.18. The maximum Gasteiger partial charge on any atom is 0.251 e. The highest BCUT2D eigenvalue weighted by molar-refractivity contribution is 6.00. The number of benzene rings is 1. The van der Waals surface area contributed by atoms with Gasteiger partial charge in [0.15, 0.2) is 0 Å². The minimum atomic E-state index is -0.277. The molecule has 0 saturated heterocycles. The molecule has 1 aliphatic heterocycles. The molecule has 0 atom stereocenters. The fourth-order valence-corrected chi connectivity index (χ4v) is 1.78. The summed E-state index contributed by atoms with van der Waals surface area (Å²) in [4.78, 5) is 23.1. The van der Waals surface area contributed by atoms with Gasteiger partial charge in [0.25, 0.3) is 5.91 Å². The molecule has 1 aromatic carbocycles. The fraction of sp³-hybridized carbons (Fsp3) is 0.286. The van der Waals surface area contributed by atoms with E-state index >= 15 is 0 Å². The summed E-state index contributed by atoms with van der Waals surface area (Å²) in [6.07, 6.45) is 1.78. The Morgan fingerprint density at radius 2 is 2.05 bits per heavy atom. The lowest BCUT2D eigenvalue weighted by Crippen LogP contribution is -2.38. The van der Waals surface area contributed by atoms with E-state index in [1.54, 1.807) is 6.08 Å². The first kappa shape index (κ1) is 13.1. The number of hydrogen-bond donors (Lipinski definition) is 2. The van der Waals surface area contributed by atoms with Gasteiger partial charge < -0.3 is 15.4 Å². The molecule has 5 heteroatoms. The monoisotopic (exact) mass is 260 g/mol. The summed E-state index contributed by atoms with van der Waals surface area (Å²) >= 11 is 0. The summed E-state index contributed by atoms with van der Waals surface area (Å²) in [6.45, 7) is 2.58. The van der Waals surface area contributed by atoms with Crippen LogP contribution in [0.4, 0.5) is 0 Å². The Labute approximate surface area is 111 Å². The Hall–Kier alpha value is -2.30. The highest BCUT2D eigenvalue weighted by Crippen LogP contribution is 2.25. The predicted octanol–water partition coefficient (Wildman–Crippen LogP) is 0.715. The number of ether oxygens (including phenoxy) is 1. The van der Waals surface area contributed by atoms with Crippen LogP contribution in [-0.4, -0.2) is 31.5 Å². The van der Waals surface area contributed by atoms with Gasteiger partial charge >= 0.3 is 0 Å². The van der Waals surface area contributed by atoms with Crippen LogP contribution in [0.25, 0.3) is 6.08 Å². The lowest BCUT2D eigenvalue weighted by molar-refractivity contribution is -0.124. The van der Waals surface area contributed by atoms with E-state index in [1.165, 1.54) is 0 Å². The number of carbonyl (C=O) groups is 2. The molecule has 0 fully saturated rings. The first-order chi connectivity index (χ1) is 9.20. The van der Waals surface area contributed by atoms with Gasteiger partial charge in [-0.05, 0) is 19.1 Å². The SMILES string of the molecule is CCNC(=O)CNC(=O)C1=Cc2ccccc2OC1. The molecule has 5 nitrogen and oxygen atoms in total. The summed E-state index contributed by atoms with van der Waals surface area (Å²) in [6, 6.07) is 7.50. The zero-order valence-corrected chi connectivity index (χ0v) is 10.7. The van der Waals surface area contributed by atoms with Gasteiger partial charge in [-0.1, -0.05) is 18.2 Å². The van der Waals surface area contributed by atoms with Gasteiger partial charge in [0.05, 0.1) is 12.1 Å². The van der Waals surface area contributed by atoms with Crippen LogP contribution >= 0.6 is 0 Å². The minimum absolute atomic E-state index is 0.0222. The highest BCUT2D eigenvalue weighted by atomic mass is 16.5. The molecule has 0 unspecified atom stereocenters. The maximum atomic E-state index is 11.9. The van der Waals surface area contributed by atoms with Gasteiger partial charge in [0.1, 0.15) is 12.4 Å². The largest absolute Gasteiger partial charge is 0.488 e. The summed E-state index contributed by atoms with van der Waals surface area (Å²) in [5, 5.41) is 5.18. The molecule has 0 aliphatic carbocycles. The third-order valence-corrected chi connectivity index (χ3v) is 2.71. The fourth-order valence-electron chi connectivity index (χ4n) is 1.78. The summed E-state index contributed by atoms with van der Waals surface area (Å²) in [5.74, 6) is 0.289. The summed E-state index contributed by atoms with van der Waals surface area (Å²) in [5.41, 5.74) is 1.39. The number of likely N-dealkylation sites (N-methyl/N-ethyl adjacent to an activating group) is 1. The van der Waals surface area contributed by atoms with E-state index in [-0.39, 0.29) is 25.0 Å². The molecular formula is C14H16N2O3. The number of rotatable bonds is 4. The average molecular weight is 260 g/mol. The molecule has 1 heterocycles. The highest BCUT2D eigenvalue weighted by Gasteiger charge is 2.17. The Morgan fingerprint density at radius 3 is 2.84 bits per heavy atom. The molecule has 1 aliphatic rings. The standard InChI is InChI=1S/C14H16N2O3/c1-2-15-13(17)8-16-14(18)11-7-10-5-3-4-6-12(10)19-9-11/h3-7H,2,8-9H2,1H3,(H,15,17)(H,16,18). The summed E-state index contributed by atoms with van der Waals surface area (Å²) in [7, 11) is 0. The number of nitrogens with one attached hydrogen (secondary N) is 2. The molecular weight excluding hydrogens is 244 g/mol. The van der Waals surface area contributed by atoms with Gasteiger partial charge in [-0.2, -0.15) is 0 Å². The molecule has 2 N–H and O–H groups in total. The Balaban J connectivity index is 1.98. The van der Waals surface area contributed by atoms with E-state index in [9.17, 15) is 9.59 Å². The van der Waals surface area contributed by atoms with Crippen molar-refractivity contribution in [3.63, 3.8) is 0 Å². The first-order valence-electron chi connectivity index (χ1n) is 6.18. The van der Waals surface area contributed by atoms with Crippen molar-refractivity contribution in [3.8, 4) is 5.75 Å². The van der Waals surface area contributed by atoms with Crippen LogP contribution in [0, 0.1) is 0 Å². The molecule has 0 bridgehead atoms. The predicted molar refractivity (Wildman–Crippen MR) is 71.6 cm³/mol. The van der Waals surface area contributed by atoms with E-state index in [0.717, 1.165) is 11.3 Å². The van der Waals surface area contributed by atoms with Gasteiger partial charge in [-0.25, -0.2) is 0 Å². The van der Waals surface area contributed by atoms with Crippen LogP contribution in [0.1, 0.15) is 12.5 Å². The first-order valence-corrected chi connectivity index (χ1v) is 6.18. The van der Waals surface area contributed by atoms with E-state index in [1.807, 2.05) is 31.2 Å². The third-order valence-electron chi connectivity index (χ3n) is 2.71. The second-order valence-electron chi connectivity index (χ2n) is 4.13. The van der Waals surface area contributed by atoms with Crippen molar-refractivity contribution in [2.24, 2.45) is 0 Å². The lowest BCUT2D eigenvalue weighted by atomic mass is 10.1. The molecule has 2 rings (SSSR count). The molecule has 0 aromatic heterocycles. The Morgan fingerprint density at radius 1 is 1.26 bits per heavy atom. The topological polar surface area (TPSA) is 67.4 Å². The van der Waals surface area contributed by atoms with Crippen LogP contribution in [-0.2, 0) is 9.59 Å². The maximum absolute atomic E-state index is 11.9. The number of para-hydroxylation sites is 1. The van der Waals surface area contributed by atoms with Crippen molar-refractivity contribution in [3.05, 3.63) is 35.4 Å². The van der Waals surface area contributed by atoms with Crippen molar-refractivity contribution in [2.45, 2.75) is 6.92 Å². The van der Waals surface area contributed by atoms with Crippen molar-refractivity contribution < 1.29 is 14.3 Å². The van der Waals surface area contributed by atoms with Crippen molar-refractivity contribution in [2.75, 3.05) is 19.7 Å². The zero-order valence-electron chi connectivity index (χ0n) is 10.7. The van der Waals surface area contributed by atoms with Crippen molar-refractivity contribution in [1.29, 1.82) is 0 Å². The van der Waals surface area contributed by atoms with E-state index in [4.69, 9.17) is 4.74 Å². The molecule has 19 heavy (non-hydrogen) atoms. The van der Waals surface area contributed by atoms with Crippen LogP contribution < -0.4 is 15.4 Å². The number of carbonyl (C=O) groups excluding carboxylic acids is 2. The molecule has 0 spiro atoms. The van der Waals surface area contributed by atoms with E-state index in [0.29, 0.717) is 12.1 Å². The molecule has 1 aromatic rings. The van der Waals surface area contributed by atoms with Crippen LogP contribution in [0.3, 0.4) is 0 Å². The van der Waals surface area contributed by atoms with Gasteiger partial charge in [0.2, 0.25) is 5.91 Å². The van der Waals surface area contributed by atoms with Gasteiger partial charge in [-0.15, -0.1) is 0 Å². The summed E-state index contributed by atoms with van der Waals surface area (Å²) < 4.78 is 5.48. The second kappa shape index (κ2) is 6.04. The lowest BCUT2D eigenvalue weighted by Gasteiger charge is -2.17. The van der Waals surface area contributed by atoms with Gasteiger partial charge in [-0.3, -0.25) is 9.59 Å². The molecule has 0 radical (unpaired) electrons. The van der Waals surface area contributed by atoms with E-state index < -0.39 is 0 Å².